The largest absolute Gasteiger partial charge is 0.289 e. The van der Waals surface area contributed by atoms with Crippen LogP contribution in [0.2, 0.25) is 0 Å². The fourth-order valence-corrected chi connectivity index (χ4v) is 3.04. The topological polar surface area (TPSA) is 47.7 Å². The Morgan fingerprint density at radius 3 is 1.42 bits per heavy atom. The smallest absolute Gasteiger partial charge is 0.128 e. The van der Waals surface area contributed by atoms with E-state index in [-0.39, 0.29) is 10.3 Å². The van der Waals surface area contributed by atoms with Crippen LogP contribution in [-0.4, -0.2) is 10.3 Å². The summed E-state index contributed by atoms with van der Waals surface area (Å²) in [6.07, 6.45) is 0. The Hall–Kier alpha value is -2.42. The lowest BCUT2D eigenvalue weighted by molar-refractivity contribution is 1.50. The van der Waals surface area contributed by atoms with Gasteiger partial charge in [-0.3, -0.25) is 10.8 Å². The van der Waals surface area contributed by atoms with Gasteiger partial charge in [-0.05, 0) is 28.3 Å². The van der Waals surface area contributed by atoms with Gasteiger partial charge in [-0.15, -0.1) is 0 Å². The normalized spacial score (nSPS) is 10.4. The van der Waals surface area contributed by atoms with E-state index in [4.69, 9.17) is 34.0 Å². The minimum absolute atomic E-state index is 0.0129. The van der Waals surface area contributed by atoms with Crippen LogP contribution in [0, 0.1) is 10.8 Å². The molecule has 0 fully saturated rings. The molecule has 2 nitrogen and oxygen atoms in total. The zero-order valence-corrected chi connectivity index (χ0v) is 14.2. The van der Waals surface area contributed by atoms with Crippen LogP contribution >= 0.6 is 23.2 Å². The summed E-state index contributed by atoms with van der Waals surface area (Å²) >= 11 is 11.8. The van der Waals surface area contributed by atoms with Gasteiger partial charge < -0.3 is 0 Å². The van der Waals surface area contributed by atoms with Gasteiger partial charge >= 0.3 is 0 Å². The summed E-state index contributed by atoms with van der Waals surface area (Å²) in [7, 11) is 0. The van der Waals surface area contributed by atoms with E-state index >= 15 is 0 Å². The first-order chi connectivity index (χ1) is 11.6. The van der Waals surface area contributed by atoms with Crippen LogP contribution in [0.5, 0.6) is 0 Å². The molecule has 0 aliphatic rings. The van der Waals surface area contributed by atoms with Gasteiger partial charge in [0, 0.05) is 11.1 Å². The molecule has 4 heteroatoms. The number of hydrogen-bond acceptors (Lipinski definition) is 2. The van der Waals surface area contributed by atoms with Crippen molar-refractivity contribution in [2.45, 2.75) is 0 Å². The van der Waals surface area contributed by atoms with Gasteiger partial charge in [0.25, 0.3) is 0 Å². The molecule has 24 heavy (non-hydrogen) atoms. The van der Waals surface area contributed by atoms with Gasteiger partial charge in [-0.1, -0.05) is 89.9 Å². The second kappa shape index (κ2) is 7.00. The molecule has 0 radical (unpaired) electrons. The lowest BCUT2D eigenvalue weighted by atomic mass is 9.94. The minimum Gasteiger partial charge on any atom is -0.289 e. The van der Waals surface area contributed by atoms with Crippen molar-refractivity contribution in [1.82, 2.24) is 0 Å². The average molecular weight is 353 g/mol. The molecule has 118 valence electrons. The highest BCUT2D eigenvalue weighted by molar-refractivity contribution is 6.69. The molecular weight excluding hydrogens is 339 g/mol. The minimum atomic E-state index is 0.0129. The third kappa shape index (κ3) is 3.25. The van der Waals surface area contributed by atoms with E-state index in [1.165, 1.54) is 0 Å². The van der Waals surface area contributed by atoms with Crippen LogP contribution < -0.4 is 0 Å². The van der Waals surface area contributed by atoms with E-state index in [1.807, 2.05) is 72.8 Å². The molecule has 0 saturated carbocycles. The van der Waals surface area contributed by atoms with Crippen LogP contribution in [0.15, 0.2) is 72.8 Å². The number of hydrogen-bond donors (Lipinski definition) is 2. The van der Waals surface area contributed by atoms with Crippen LogP contribution in [0.25, 0.3) is 22.3 Å². The van der Waals surface area contributed by atoms with Gasteiger partial charge in [0.05, 0.1) is 0 Å². The third-order valence-corrected chi connectivity index (χ3v) is 4.22. The molecule has 3 rings (SSSR count). The summed E-state index contributed by atoms with van der Waals surface area (Å²) in [6, 6.07) is 23.1. The molecule has 0 aliphatic carbocycles. The molecule has 0 amide bonds. The van der Waals surface area contributed by atoms with E-state index in [1.54, 1.807) is 0 Å². The third-order valence-electron chi connectivity index (χ3n) is 3.81. The maximum atomic E-state index is 7.75. The van der Waals surface area contributed by atoms with Crippen LogP contribution in [-0.2, 0) is 0 Å². The van der Waals surface area contributed by atoms with Gasteiger partial charge in [0.1, 0.15) is 10.3 Å². The molecule has 0 saturated heterocycles. The molecule has 0 bridgehead atoms. The maximum Gasteiger partial charge on any atom is 0.128 e. The number of nitrogens with one attached hydrogen (secondary N) is 2. The zero-order chi connectivity index (χ0) is 17.1. The highest BCUT2D eigenvalue weighted by Crippen LogP contribution is 2.31. The predicted octanol–water partition coefficient (Wildman–Crippen LogP) is 6.15. The Morgan fingerprint density at radius 2 is 1.00 bits per heavy atom. The Kier molecular flexibility index (Phi) is 4.79. The lowest BCUT2D eigenvalue weighted by Gasteiger charge is -2.11. The molecule has 2 N–H and O–H groups in total. The highest BCUT2D eigenvalue weighted by Gasteiger charge is 2.11. The number of benzene rings is 3. The van der Waals surface area contributed by atoms with Crippen LogP contribution in [0.4, 0.5) is 0 Å². The first kappa shape index (κ1) is 16.4. The van der Waals surface area contributed by atoms with Gasteiger partial charge in [-0.25, -0.2) is 0 Å². The van der Waals surface area contributed by atoms with Crippen molar-refractivity contribution in [3.63, 3.8) is 0 Å². The summed E-state index contributed by atoms with van der Waals surface area (Å²) in [5.74, 6) is 0. The summed E-state index contributed by atoms with van der Waals surface area (Å²) in [4.78, 5) is 0. The molecule has 0 unspecified atom stereocenters. The monoisotopic (exact) mass is 352 g/mol. The summed E-state index contributed by atoms with van der Waals surface area (Å²) in [5, 5.41) is 15.5. The van der Waals surface area contributed by atoms with Crippen molar-refractivity contribution in [3.8, 4) is 22.3 Å². The van der Waals surface area contributed by atoms with E-state index in [9.17, 15) is 0 Å². The quantitative estimate of drug-likeness (QED) is 0.529. The molecule has 0 aliphatic heterocycles. The molecule has 0 spiro atoms. The zero-order valence-electron chi connectivity index (χ0n) is 12.7. The fourth-order valence-electron chi connectivity index (χ4n) is 2.71. The number of rotatable bonds is 4. The lowest BCUT2D eigenvalue weighted by Crippen LogP contribution is -1.95. The van der Waals surface area contributed by atoms with Gasteiger partial charge in [0.2, 0.25) is 0 Å². The molecule has 0 atom stereocenters. The van der Waals surface area contributed by atoms with Gasteiger partial charge in [0.15, 0.2) is 0 Å². The molecular formula is C20H14Cl2N2. The first-order valence-corrected chi connectivity index (χ1v) is 8.11. The Balaban J connectivity index is 2.16. The Labute approximate surface area is 150 Å². The van der Waals surface area contributed by atoms with E-state index in [0.29, 0.717) is 11.1 Å². The van der Waals surface area contributed by atoms with Crippen molar-refractivity contribution >= 4 is 33.5 Å². The maximum absolute atomic E-state index is 7.75. The molecule has 0 heterocycles. The van der Waals surface area contributed by atoms with E-state index < -0.39 is 0 Å². The van der Waals surface area contributed by atoms with Crippen molar-refractivity contribution < 1.29 is 0 Å². The molecule has 0 aromatic heterocycles. The summed E-state index contributed by atoms with van der Waals surface area (Å²) in [5.41, 5.74) is 5.11. The SMILES string of the molecule is N=C(Cl)c1ccccc1-c1cccc(-c2ccccc2C(=N)Cl)c1. The van der Waals surface area contributed by atoms with Crippen LogP contribution in [0.1, 0.15) is 11.1 Å². The van der Waals surface area contributed by atoms with Gasteiger partial charge in [-0.2, -0.15) is 0 Å². The fraction of sp³-hybridized carbons (Fsp3) is 0. The van der Waals surface area contributed by atoms with Crippen LogP contribution in [0.3, 0.4) is 0 Å². The first-order valence-electron chi connectivity index (χ1n) is 7.35. The van der Waals surface area contributed by atoms with Crippen molar-refractivity contribution in [3.05, 3.63) is 83.9 Å². The van der Waals surface area contributed by atoms with Crippen molar-refractivity contribution in [2.24, 2.45) is 0 Å². The highest BCUT2D eigenvalue weighted by atomic mass is 35.5. The number of halogens is 2. The molecule has 3 aromatic rings. The Morgan fingerprint density at radius 1 is 0.583 bits per heavy atom. The van der Waals surface area contributed by atoms with E-state index in [2.05, 4.69) is 0 Å². The Bertz CT molecular complexity index is 859. The second-order valence-corrected chi connectivity index (χ2v) is 6.06. The van der Waals surface area contributed by atoms with E-state index in [0.717, 1.165) is 22.3 Å². The summed E-state index contributed by atoms with van der Waals surface area (Å²) in [6.45, 7) is 0. The summed E-state index contributed by atoms with van der Waals surface area (Å²) < 4.78 is 0. The van der Waals surface area contributed by atoms with Crippen molar-refractivity contribution in [2.75, 3.05) is 0 Å². The average Bonchev–Trinajstić information content (AvgIpc) is 2.61. The standard InChI is InChI=1S/C20H14Cl2N2/c21-19(23)17-10-3-1-8-15(17)13-6-5-7-14(12-13)16-9-2-4-11-18(16)20(22)24/h1-12,23-24H. The molecule has 3 aromatic carbocycles. The second-order valence-electron chi connectivity index (χ2n) is 5.30. The predicted molar refractivity (Wildman–Crippen MR) is 103 cm³/mol. The van der Waals surface area contributed by atoms with Crippen molar-refractivity contribution in [1.29, 1.82) is 10.8 Å².